The summed E-state index contributed by atoms with van der Waals surface area (Å²) >= 11 is 0. The first-order valence-electron chi connectivity index (χ1n) is 21.8. The molecule has 2 aliphatic rings. The normalized spacial score (nSPS) is 16.6. The number of H-pyrrole nitrogens is 2. The average Bonchev–Trinajstić information content (AvgIpc) is 4.18. The van der Waals surface area contributed by atoms with Crippen molar-refractivity contribution in [2.75, 3.05) is 40.5 Å². The Bertz CT molecular complexity index is 2640. The number of carbonyl (C=O) groups excluding carboxylic acids is 4. The molecule has 338 valence electrons. The maximum Gasteiger partial charge on any atom is 0.407 e. The van der Waals surface area contributed by atoms with E-state index in [0.29, 0.717) is 37.0 Å². The van der Waals surface area contributed by atoms with Gasteiger partial charge in [0.05, 0.1) is 70.3 Å². The van der Waals surface area contributed by atoms with Crippen molar-refractivity contribution in [3.05, 3.63) is 121 Å². The lowest BCUT2D eigenvalue weighted by Gasteiger charge is -2.34. The first-order valence-corrected chi connectivity index (χ1v) is 21.8. The van der Waals surface area contributed by atoms with Crippen LogP contribution in [0.3, 0.4) is 0 Å². The number of rotatable bonds is 14. The number of likely N-dealkylation sites (tertiary alicyclic amines) is 1. The highest BCUT2D eigenvalue weighted by molar-refractivity contribution is 5.91. The van der Waals surface area contributed by atoms with E-state index in [0.717, 1.165) is 57.3 Å². The molecule has 3 unspecified atom stereocenters. The van der Waals surface area contributed by atoms with Crippen LogP contribution in [0.1, 0.15) is 62.9 Å². The predicted molar refractivity (Wildman–Crippen MR) is 243 cm³/mol. The Kier molecular flexibility index (Phi) is 13.3. The SMILES string of the molecule is COC(=O)NC(C(=O)N1CCCC1c1ncc(-c2ccc(-c3ccc4cc(-c5cnc(CN(CC6(C)OCCO6)C(=O)C(NC(=O)OC)C(C)C)[nH]5)ccc4c3)cc2)[nH]1)c1ccccc1. The number of imidazole rings is 2. The van der Waals surface area contributed by atoms with Crippen molar-refractivity contribution in [1.29, 1.82) is 0 Å². The zero-order valence-corrected chi connectivity index (χ0v) is 37.1. The number of fused-ring (bicyclic) bond motifs is 1. The molecule has 0 saturated carbocycles. The second kappa shape index (κ2) is 19.4. The van der Waals surface area contributed by atoms with Gasteiger partial charge in [-0.3, -0.25) is 9.59 Å². The smallest absolute Gasteiger partial charge is 0.407 e. The minimum atomic E-state index is -0.995. The number of aromatic amines is 2. The second-order valence-corrected chi connectivity index (χ2v) is 16.8. The first-order chi connectivity index (χ1) is 31.4. The standard InChI is InChI=1S/C49H54N8O8/c1-30(2)42(54-47(60)62-4)45(58)56(29-49(3)64-22-23-65-49)28-41-50-26-39(52-41)37-20-19-35-24-34(17-18-36(35)25-37)31-13-15-32(16-14-31)38-27-51-44(53-38)40-12-9-21-57(40)46(59)43(55-48(61)63-5)33-10-7-6-8-11-33/h6-8,10-11,13-20,24-27,30,40,42-43H,9,12,21-23,28-29H2,1-5H3,(H,50,52)(H,51,53)(H,54,60)(H,55,61). The van der Waals surface area contributed by atoms with Crippen LogP contribution in [0.15, 0.2) is 103 Å². The summed E-state index contributed by atoms with van der Waals surface area (Å²) in [7, 11) is 2.54. The van der Waals surface area contributed by atoms with Crippen molar-refractivity contribution in [2.45, 2.75) is 64.1 Å². The molecule has 16 heteroatoms. The molecule has 0 aliphatic carbocycles. The molecule has 0 radical (unpaired) electrons. The van der Waals surface area contributed by atoms with Gasteiger partial charge >= 0.3 is 12.2 Å². The van der Waals surface area contributed by atoms with E-state index in [1.54, 1.807) is 29.1 Å². The van der Waals surface area contributed by atoms with Crippen molar-refractivity contribution >= 4 is 34.8 Å². The van der Waals surface area contributed by atoms with E-state index in [-0.39, 0.29) is 36.9 Å². The number of alkyl carbamates (subject to hydrolysis) is 2. The third-order valence-corrected chi connectivity index (χ3v) is 12.0. The molecule has 2 aromatic heterocycles. The van der Waals surface area contributed by atoms with E-state index >= 15 is 0 Å². The Labute approximate surface area is 377 Å². The molecule has 2 aliphatic heterocycles. The maximum absolute atomic E-state index is 13.9. The Morgan fingerprint density at radius 2 is 1.42 bits per heavy atom. The summed E-state index contributed by atoms with van der Waals surface area (Å²) < 4.78 is 21.3. The van der Waals surface area contributed by atoms with E-state index < -0.39 is 30.1 Å². The van der Waals surface area contributed by atoms with Gasteiger partial charge in [-0.2, -0.15) is 0 Å². The van der Waals surface area contributed by atoms with Gasteiger partial charge in [0.25, 0.3) is 5.91 Å². The lowest BCUT2D eigenvalue weighted by Crippen LogP contribution is -2.54. The van der Waals surface area contributed by atoms with Crippen LogP contribution in [0.4, 0.5) is 9.59 Å². The van der Waals surface area contributed by atoms with Gasteiger partial charge in [0.2, 0.25) is 5.91 Å². The van der Waals surface area contributed by atoms with Gasteiger partial charge in [-0.1, -0.05) is 92.7 Å². The van der Waals surface area contributed by atoms with Gasteiger partial charge in [0, 0.05) is 12.1 Å². The summed E-state index contributed by atoms with van der Waals surface area (Å²) in [6.07, 6.45) is 3.75. The zero-order chi connectivity index (χ0) is 45.7. The second-order valence-electron chi connectivity index (χ2n) is 16.8. The lowest BCUT2D eigenvalue weighted by molar-refractivity contribution is -0.169. The number of nitrogens with zero attached hydrogens (tertiary/aromatic N) is 4. The molecule has 2 fully saturated rings. The molecule has 0 spiro atoms. The Hall–Kier alpha value is -7.04. The molecule has 6 aromatic rings. The quantitative estimate of drug-likeness (QED) is 0.0851. The number of carbonyl (C=O) groups is 4. The highest BCUT2D eigenvalue weighted by Crippen LogP contribution is 2.35. The highest BCUT2D eigenvalue weighted by atomic mass is 16.7. The lowest BCUT2D eigenvalue weighted by atomic mass is 9.98. The summed E-state index contributed by atoms with van der Waals surface area (Å²) in [5.41, 5.74) is 6.32. The van der Waals surface area contributed by atoms with Crippen molar-refractivity contribution in [3.63, 3.8) is 0 Å². The molecule has 4 aromatic carbocycles. The summed E-state index contributed by atoms with van der Waals surface area (Å²) in [4.78, 5) is 71.9. The van der Waals surface area contributed by atoms with Gasteiger partial charge in [-0.05, 0) is 70.8 Å². The van der Waals surface area contributed by atoms with E-state index in [4.69, 9.17) is 23.9 Å². The van der Waals surface area contributed by atoms with Crippen LogP contribution < -0.4 is 10.6 Å². The van der Waals surface area contributed by atoms with Crippen LogP contribution in [-0.2, 0) is 35.1 Å². The topological polar surface area (TPSA) is 193 Å². The van der Waals surface area contributed by atoms with Crippen LogP contribution in [0.2, 0.25) is 0 Å². The van der Waals surface area contributed by atoms with E-state index in [9.17, 15) is 19.2 Å². The Morgan fingerprint density at radius 3 is 2.11 bits per heavy atom. The number of nitrogens with one attached hydrogen (secondary N) is 4. The minimum Gasteiger partial charge on any atom is -0.453 e. The molecule has 8 rings (SSSR count). The van der Waals surface area contributed by atoms with E-state index in [1.165, 1.54) is 14.2 Å². The molecule has 3 atom stereocenters. The number of amides is 4. The molecule has 0 bridgehead atoms. The molecule has 4 N–H and O–H groups in total. The van der Waals surface area contributed by atoms with E-state index in [2.05, 4.69) is 80.2 Å². The first kappa shape index (κ1) is 44.6. The van der Waals surface area contributed by atoms with Gasteiger partial charge in [-0.25, -0.2) is 19.6 Å². The maximum atomic E-state index is 13.9. The van der Waals surface area contributed by atoms with Crippen molar-refractivity contribution in [3.8, 4) is 33.6 Å². The molecule has 4 heterocycles. The monoisotopic (exact) mass is 882 g/mol. The summed E-state index contributed by atoms with van der Waals surface area (Å²) in [6, 6.07) is 28.0. The number of methoxy groups -OCH3 is 2. The molecular weight excluding hydrogens is 829 g/mol. The number of aromatic nitrogens is 4. The van der Waals surface area contributed by atoms with Crippen molar-refractivity contribution < 1.29 is 38.1 Å². The zero-order valence-electron chi connectivity index (χ0n) is 37.1. The predicted octanol–water partition coefficient (Wildman–Crippen LogP) is 7.52. The Morgan fingerprint density at radius 1 is 0.800 bits per heavy atom. The van der Waals surface area contributed by atoms with Gasteiger partial charge < -0.3 is 49.3 Å². The average molecular weight is 883 g/mol. The van der Waals surface area contributed by atoms with Crippen molar-refractivity contribution in [1.82, 2.24) is 40.4 Å². The fraction of sp³-hybridized carbons (Fsp3) is 0.347. The highest BCUT2D eigenvalue weighted by Gasteiger charge is 2.39. The van der Waals surface area contributed by atoms with Crippen LogP contribution >= 0.6 is 0 Å². The van der Waals surface area contributed by atoms with Gasteiger partial charge in [-0.15, -0.1) is 0 Å². The van der Waals surface area contributed by atoms with Crippen molar-refractivity contribution in [2.24, 2.45) is 5.92 Å². The van der Waals surface area contributed by atoms with E-state index in [1.807, 2.05) is 50.2 Å². The number of hydrogen-bond acceptors (Lipinski definition) is 10. The third kappa shape index (κ3) is 10.0. The summed E-state index contributed by atoms with van der Waals surface area (Å²) in [5.74, 6) is -0.464. The van der Waals surface area contributed by atoms with Crippen LogP contribution in [0, 0.1) is 5.92 Å². The van der Waals surface area contributed by atoms with Gasteiger partial charge in [0.15, 0.2) is 5.79 Å². The molecule has 4 amide bonds. The van der Waals surface area contributed by atoms with Crippen LogP contribution in [0.25, 0.3) is 44.4 Å². The number of hydrogen-bond donors (Lipinski definition) is 4. The number of benzene rings is 4. The molecule has 16 nitrogen and oxygen atoms in total. The molecule has 65 heavy (non-hydrogen) atoms. The fourth-order valence-electron chi connectivity index (χ4n) is 8.55. The van der Waals surface area contributed by atoms with Crippen LogP contribution in [-0.4, -0.2) is 106 Å². The largest absolute Gasteiger partial charge is 0.453 e. The third-order valence-electron chi connectivity index (χ3n) is 12.0. The summed E-state index contributed by atoms with van der Waals surface area (Å²) in [6.45, 7) is 7.18. The van der Waals surface area contributed by atoms with Gasteiger partial charge in [0.1, 0.15) is 23.7 Å². The minimum absolute atomic E-state index is 0.137. The number of ether oxygens (including phenoxy) is 4. The molecular formula is C49H54N8O8. The Balaban J connectivity index is 0.946. The van der Waals surface area contributed by atoms with Crippen LogP contribution in [0.5, 0.6) is 0 Å². The summed E-state index contributed by atoms with van der Waals surface area (Å²) in [5, 5.41) is 7.51. The molecule has 2 saturated heterocycles. The fourth-order valence-corrected chi connectivity index (χ4v) is 8.55.